The van der Waals surface area contributed by atoms with Crippen LogP contribution in [0.15, 0.2) is 66.1 Å². The van der Waals surface area contributed by atoms with Crippen LogP contribution in [0.4, 0.5) is 17.6 Å². The van der Waals surface area contributed by atoms with Crippen molar-refractivity contribution in [2.45, 2.75) is 30.7 Å². The molecule has 1 aliphatic heterocycles. The first-order valence-electron chi connectivity index (χ1n) is 14.0. The second-order valence-electron chi connectivity index (χ2n) is 10.4. The third-order valence-corrected chi connectivity index (χ3v) is 9.38. The molecule has 13 nitrogen and oxygen atoms in total. The van der Waals surface area contributed by atoms with Crippen molar-refractivity contribution in [3.63, 3.8) is 0 Å². The summed E-state index contributed by atoms with van der Waals surface area (Å²) in [6.45, 7) is 2.43. The number of aliphatic hydroxyl groups excluding tert-OH is 1. The summed E-state index contributed by atoms with van der Waals surface area (Å²) < 4.78 is 46.9. The quantitative estimate of drug-likeness (QED) is 0.235. The van der Waals surface area contributed by atoms with Gasteiger partial charge >= 0.3 is 0 Å². The van der Waals surface area contributed by atoms with Crippen LogP contribution in [0.3, 0.4) is 0 Å². The van der Waals surface area contributed by atoms with Gasteiger partial charge < -0.3 is 34.1 Å². The first-order valence-corrected chi connectivity index (χ1v) is 15.4. The molecule has 1 aliphatic rings. The van der Waals surface area contributed by atoms with Crippen LogP contribution in [-0.4, -0.2) is 77.5 Å². The van der Waals surface area contributed by atoms with E-state index in [1.54, 1.807) is 80.9 Å². The lowest BCUT2D eigenvalue weighted by Gasteiger charge is -2.25. The van der Waals surface area contributed by atoms with Crippen molar-refractivity contribution in [1.29, 1.82) is 0 Å². The van der Waals surface area contributed by atoms with Gasteiger partial charge in [0, 0.05) is 24.9 Å². The van der Waals surface area contributed by atoms with Gasteiger partial charge in [-0.05, 0) is 38.0 Å². The van der Waals surface area contributed by atoms with Crippen molar-refractivity contribution in [1.82, 2.24) is 23.5 Å². The molecular formula is C30H33N7O6S. The highest BCUT2D eigenvalue weighted by Gasteiger charge is 2.31. The minimum Gasteiger partial charge on any atom is -0.493 e. The van der Waals surface area contributed by atoms with E-state index in [-0.39, 0.29) is 23.5 Å². The molecule has 0 unspecified atom stereocenters. The predicted octanol–water partition coefficient (Wildman–Crippen LogP) is 3.89. The lowest BCUT2D eigenvalue weighted by atomic mass is 10.2. The average Bonchev–Trinajstić information content (AvgIpc) is 3.80. The zero-order valence-electron chi connectivity index (χ0n) is 24.8. The number of aromatic nitrogens is 5. The average molecular weight is 620 g/mol. The maximum Gasteiger partial charge on any atom is 0.268 e. The summed E-state index contributed by atoms with van der Waals surface area (Å²) in [6.07, 6.45) is 6.47. The van der Waals surface area contributed by atoms with Crippen molar-refractivity contribution >= 4 is 38.6 Å². The molecule has 6 rings (SSSR count). The van der Waals surface area contributed by atoms with Gasteiger partial charge in [0.15, 0.2) is 23.1 Å². The number of benzene rings is 2. The Labute approximate surface area is 254 Å². The maximum atomic E-state index is 13.8. The van der Waals surface area contributed by atoms with Gasteiger partial charge in [0.1, 0.15) is 11.8 Å². The molecule has 1 atom stereocenters. The number of rotatable bonds is 10. The number of nitrogens with zero attached hydrogens (tertiary/aromatic N) is 6. The summed E-state index contributed by atoms with van der Waals surface area (Å²) in [7, 11) is 0.693. The van der Waals surface area contributed by atoms with Crippen LogP contribution < -0.4 is 24.4 Å². The molecule has 0 bridgehead atoms. The normalized spacial score (nSPS) is 15.1. The number of ether oxygens (including phenoxy) is 3. The first kappa shape index (κ1) is 29.3. The second-order valence-corrected chi connectivity index (χ2v) is 12.2. The standard InChI is InChI=1S/C30H33N7O6S/c1-19-7-9-22(10-8-19)44(39,40)37-13-11-23-27(37)29(36-12-5-6-20(36)17-38)34-30(32-23)33-26-16-35(18-31-26)21-14-24(41-2)28(43-4)25(15-21)42-3/h7-11,13-16,18,20,38H,5-6,12,17H2,1-4H3,(H,32,33,34)/t20-/m0/s1. The molecule has 3 aromatic heterocycles. The largest absolute Gasteiger partial charge is 0.493 e. The highest BCUT2D eigenvalue weighted by atomic mass is 32.2. The Morgan fingerprint density at radius 2 is 1.75 bits per heavy atom. The number of imidazole rings is 1. The third kappa shape index (κ3) is 5.15. The minimum absolute atomic E-state index is 0.0845. The van der Waals surface area contributed by atoms with E-state index in [4.69, 9.17) is 19.2 Å². The highest BCUT2D eigenvalue weighted by molar-refractivity contribution is 7.90. The molecule has 0 aliphatic carbocycles. The first-order chi connectivity index (χ1) is 21.3. The number of fused-ring (bicyclic) bond motifs is 1. The second kappa shape index (κ2) is 11.7. The number of hydrogen-bond donors (Lipinski definition) is 2. The molecule has 44 heavy (non-hydrogen) atoms. The monoisotopic (exact) mass is 619 g/mol. The molecule has 5 aromatic rings. The molecule has 2 N–H and O–H groups in total. The van der Waals surface area contributed by atoms with Crippen LogP contribution in [-0.2, 0) is 10.0 Å². The number of aryl methyl sites for hydroxylation is 1. The lowest BCUT2D eigenvalue weighted by molar-refractivity contribution is 0.266. The van der Waals surface area contributed by atoms with E-state index in [1.165, 1.54) is 10.2 Å². The van der Waals surface area contributed by atoms with Gasteiger partial charge in [0.2, 0.25) is 11.7 Å². The smallest absolute Gasteiger partial charge is 0.268 e. The van der Waals surface area contributed by atoms with Gasteiger partial charge in [-0.15, -0.1) is 0 Å². The summed E-state index contributed by atoms with van der Waals surface area (Å²) in [6, 6.07) is 11.7. The van der Waals surface area contributed by atoms with E-state index in [9.17, 15) is 13.5 Å². The fourth-order valence-electron chi connectivity index (χ4n) is 5.44. The molecule has 1 fully saturated rings. The molecule has 0 radical (unpaired) electrons. The summed E-state index contributed by atoms with van der Waals surface area (Å²) in [5, 5.41) is 13.3. The van der Waals surface area contributed by atoms with Crippen LogP contribution >= 0.6 is 0 Å². The number of nitrogens with one attached hydrogen (secondary N) is 1. The maximum absolute atomic E-state index is 13.8. The Bertz CT molecular complexity index is 1900. The third-order valence-electron chi connectivity index (χ3n) is 7.69. The molecule has 230 valence electrons. The molecule has 14 heteroatoms. The zero-order valence-corrected chi connectivity index (χ0v) is 25.6. The minimum atomic E-state index is -3.95. The van der Waals surface area contributed by atoms with Gasteiger partial charge in [-0.2, -0.15) is 4.98 Å². The number of aliphatic hydroxyl groups is 1. The Morgan fingerprint density at radius 1 is 1.02 bits per heavy atom. The van der Waals surface area contributed by atoms with Crippen molar-refractivity contribution in [3.05, 3.63) is 66.7 Å². The fourth-order valence-corrected chi connectivity index (χ4v) is 6.79. The van der Waals surface area contributed by atoms with E-state index < -0.39 is 10.0 Å². The lowest BCUT2D eigenvalue weighted by Crippen LogP contribution is -2.33. The van der Waals surface area contributed by atoms with E-state index in [0.717, 1.165) is 24.1 Å². The Hall–Kier alpha value is -4.82. The fraction of sp³-hybridized carbons (Fsp3) is 0.300. The number of anilines is 3. The molecule has 4 heterocycles. The van der Waals surface area contributed by atoms with Crippen LogP contribution in [0, 0.1) is 6.92 Å². The number of hydrogen-bond acceptors (Lipinski definition) is 11. The molecule has 2 aromatic carbocycles. The van der Waals surface area contributed by atoms with Crippen LogP contribution in [0.25, 0.3) is 16.7 Å². The summed E-state index contributed by atoms with van der Waals surface area (Å²) in [5.41, 5.74) is 2.45. The summed E-state index contributed by atoms with van der Waals surface area (Å²) in [5.74, 6) is 2.58. The van der Waals surface area contributed by atoms with Gasteiger partial charge in [-0.1, -0.05) is 17.7 Å². The van der Waals surface area contributed by atoms with E-state index >= 15 is 0 Å². The Morgan fingerprint density at radius 3 is 2.41 bits per heavy atom. The summed E-state index contributed by atoms with van der Waals surface area (Å²) >= 11 is 0. The molecule has 1 saturated heterocycles. The van der Waals surface area contributed by atoms with Crippen LogP contribution in [0.1, 0.15) is 18.4 Å². The predicted molar refractivity (Wildman–Crippen MR) is 165 cm³/mol. The Balaban J connectivity index is 1.40. The van der Waals surface area contributed by atoms with E-state index in [2.05, 4.69) is 15.3 Å². The molecule has 0 spiro atoms. The van der Waals surface area contributed by atoms with Crippen molar-refractivity contribution in [3.8, 4) is 22.9 Å². The van der Waals surface area contributed by atoms with Crippen LogP contribution in [0.2, 0.25) is 0 Å². The Kier molecular flexibility index (Phi) is 7.78. The topological polar surface area (TPSA) is 146 Å². The van der Waals surface area contributed by atoms with Crippen molar-refractivity contribution in [2.24, 2.45) is 0 Å². The van der Waals surface area contributed by atoms with Crippen molar-refractivity contribution < 1.29 is 27.7 Å². The van der Waals surface area contributed by atoms with Crippen LogP contribution in [0.5, 0.6) is 17.2 Å². The van der Waals surface area contributed by atoms with Gasteiger partial charge in [-0.3, -0.25) is 0 Å². The van der Waals surface area contributed by atoms with E-state index in [0.29, 0.717) is 46.5 Å². The van der Waals surface area contributed by atoms with E-state index in [1.807, 2.05) is 11.8 Å². The van der Waals surface area contributed by atoms with Gasteiger partial charge in [0.25, 0.3) is 10.0 Å². The molecule has 0 saturated carbocycles. The zero-order chi connectivity index (χ0) is 31.0. The SMILES string of the molecule is COc1cc(-n2cnc(Nc3nc(N4CCC[C@H]4CO)c4c(ccn4S(=O)(=O)c4ccc(C)cc4)n3)c2)cc(OC)c1OC. The van der Waals surface area contributed by atoms with Gasteiger partial charge in [0.05, 0.1) is 56.3 Å². The molecule has 0 amide bonds. The highest BCUT2D eigenvalue weighted by Crippen LogP contribution is 2.39. The molecular weight excluding hydrogens is 586 g/mol. The van der Waals surface area contributed by atoms with Gasteiger partial charge in [-0.25, -0.2) is 22.4 Å². The van der Waals surface area contributed by atoms with Crippen molar-refractivity contribution in [2.75, 3.05) is 44.7 Å². The summed E-state index contributed by atoms with van der Waals surface area (Å²) in [4.78, 5) is 16.0. The number of methoxy groups -OCH3 is 3.